The van der Waals surface area contributed by atoms with Crippen LogP contribution >= 0.6 is 15.9 Å². The molecule has 0 radical (unpaired) electrons. The summed E-state index contributed by atoms with van der Waals surface area (Å²) in [5, 5.41) is 34.2. The fraction of sp³-hybridized carbons (Fsp3) is 0.379. The number of hydrogen-bond acceptors (Lipinski definition) is 7. The first-order valence-electron chi connectivity index (χ1n) is 12.5. The Kier molecular flexibility index (Phi) is 6.99. The second-order valence-electron chi connectivity index (χ2n) is 9.56. The molecule has 1 aliphatic heterocycles. The molecule has 5 atom stereocenters. The smallest absolute Gasteiger partial charge is 0.224 e. The number of hydrogen-bond donors (Lipinski definition) is 2. The highest BCUT2D eigenvalue weighted by molar-refractivity contribution is 9.10. The number of ether oxygens (including phenoxy) is 2. The lowest BCUT2D eigenvalue weighted by atomic mass is 9.86. The molecule has 1 saturated carbocycles. The Morgan fingerprint density at radius 1 is 1.14 bits per heavy atom. The first-order chi connectivity index (χ1) is 17.9. The van der Waals surface area contributed by atoms with Gasteiger partial charge in [-0.1, -0.05) is 72.2 Å². The van der Waals surface area contributed by atoms with Crippen molar-refractivity contribution < 1.29 is 19.7 Å². The highest BCUT2D eigenvalue weighted by Crippen LogP contribution is 2.62. The summed E-state index contributed by atoms with van der Waals surface area (Å²) < 4.78 is 13.1. The fourth-order valence-corrected chi connectivity index (χ4v) is 6.25. The molecule has 0 bridgehead atoms. The van der Waals surface area contributed by atoms with E-state index in [1.54, 1.807) is 0 Å². The molecule has 0 spiro atoms. The summed E-state index contributed by atoms with van der Waals surface area (Å²) in [5.74, 6) is -0.185. The van der Waals surface area contributed by atoms with E-state index in [0.717, 1.165) is 28.7 Å². The van der Waals surface area contributed by atoms with Gasteiger partial charge >= 0.3 is 0 Å². The highest BCUT2D eigenvalue weighted by Gasteiger charge is 2.68. The van der Waals surface area contributed by atoms with Gasteiger partial charge in [-0.3, -0.25) is 0 Å². The monoisotopic (exact) mass is 563 g/mol. The van der Waals surface area contributed by atoms with E-state index in [2.05, 4.69) is 45.7 Å². The van der Waals surface area contributed by atoms with Gasteiger partial charge in [0.2, 0.25) is 5.88 Å². The summed E-state index contributed by atoms with van der Waals surface area (Å²) in [6.45, 7) is 6.42. The van der Waals surface area contributed by atoms with Gasteiger partial charge in [-0.05, 0) is 36.3 Å². The van der Waals surface area contributed by atoms with Crippen molar-refractivity contribution in [2.45, 2.75) is 37.6 Å². The van der Waals surface area contributed by atoms with Crippen LogP contribution in [0.1, 0.15) is 36.6 Å². The molecule has 2 heterocycles. The Balaban J connectivity index is 1.74. The van der Waals surface area contributed by atoms with Gasteiger partial charge in [0.25, 0.3) is 0 Å². The predicted molar refractivity (Wildman–Crippen MR) is 143 cm³/mol. The number of aliphatic hydroxyl groups excluding tert-OH is 1. The van der Waals surface area contributed by atoms with Crippen LogP contribution in [-0.4, -0.2) is 59.0 Å². The molecule has 1 fully saturated rings. The third kappa shape index (κ3) is 4.02. The number of rotatable bonds is 7. The van der Waals surface area contributed by atoms with E-state index >= 15 is 0 Å². The summed E-state index contributed by atoms with van der Waals surface area (Å²) in [7, 11) is 1.45. The minimum atomic E-state index is -1.77. The highest BCUT2D eigenvalue weighted by atomic mass is 79.9. The molecule has 2 aliphatic rings. The van der Waals surface area contributed by atoms with E-state index < -0.39 is 17.8 Å². The van der Waals surface area contributed by atoms with Gasteiger partial charge in [0.15, 0.2) is 11.3 Å². The Bertz CT molecular complexity index is 1320. The lowest BCUT2D eigenvalue weighted by Gasteiger charge is -2.31. The zero-order valence-electron chi connectivity index (χ0n) is 21.1. The van der Waals surface area contributed by atoms with Crippen LogP contribution in [0.5, 0.6) is 11.6 Å². The van der Waals surface area contributed by atoms with Crippen molar-refractivity contribution in [1.29, 1.82) is 5.26 Å². The number of nitrogens with zero attached hydrogens (tertiary/aromatic N) is 3. The van der Waals surface area contributed by atoms with Crippen LogP contribution in [0, 0.1) is 17.2 Å². The van der Waals surface area contributed by atoms with Crippen molar-refractivity contribution in [3.63, 3.8) is 0 Å². The largest absolute Gasteiger partial charge is 0.485 e. The summed E-state index contributed by atoms with van der Waals surface area (Å²) in [6.07, 6.45) is -1.94. The molecular weight excluding hydrogens is 534 g/mol. The number of nitriles is 1. The zero-order chi connectivity index (χ0) is 26.3. The van der Waals surface area contributed by atoms with Gasteiger partial charge in [-0.2, -0.15) is 5.26 Å². The minimum Gasteiger partial charge on any atom is -0.485 e. The second kappa shape index (κ2) is 10.1. The summed E-state index contributed by atoms with van der Waals surface area (Å²) >= 11 is 3.46. The third-order valence-corrected chi connectivity index (χ3v) is 8.35. The molecule has 1 aromatic heterocycles. The van der Waals surface area contributed by atoms with Crippen molar-refractivity contribution in [3.8, 4) is 28.8 Å². The molecule has 37 heavy (non-hydrogen) atoms. The van der Waals surface area contributed by atoms with Gasteiger partial charge < -0.3 is 24.6 Å². The molecule has 5 rings (SSSR count). The molecule has 8 heteroatoms. The van der Waals surface area contributed by atoms with Crippen molar-refractivity contribution in [1.82, 2.24) is 9.88 Å². The Morgan fingerprint density at radius 3 is 2.41 bits per heavy atom. The normalized spacial score (nSPS) is 25.9. The predicted octanol–water partition coefficient (Wildman–Crippen LogP) is 4.46. The molecule has 0 amide bonds. The standard InChI is InChI=1S/C29H30BrN3O4/c1-4-33(5-2)16-20-22(17-9-7-6-8-10-17)27-29(35,26(20)34)24-25(37-27)23(18-11-13-19(30)14-12-18)21(15-31)32-28(24)36-3/h6-14,20,22,26-27,34-35H,4-5,16H2,1-3H3. The van der Waals surface area contributed by atoms with E-state index in [4.69, 9.17) is 9.47 Å². The van der Waals surface area contributed by atoms with Crippen LogP contribution in [0.4, 0.5) is 0 Å². The number of fused-ring (bicyclic) bond motifs is 3. The Hall–Kier alpha value is -2.96. The van der Waals surface area contributed by atoms with Gasteiger partial charge in [0.05, 0.1) is 24.3 Å². The van der Waals surface area contributed by atoms with Crippen LogP contribution in [0.15, 0.2) is 59.1 Å². The molecular formula is C29H30BrN3O4. The lowest BCUT2D eigenvalue weighted by molar-refractivity contribution is -0.101. The maximum absolute atomic E-state index is 12.4. The molecule has 7 nitrogen and oxygen atoms in total. The van der Waals surface area contributed by atoms with Crippen LogP contribution < -0.4 is 9.47 Å². The Morgan fingerprint density at radius 2 is 1.81 bits per heavy atom. The van der Waals surface area contributed by atoms with Crippen molar-refractivity contribution in [2.24, 2.45) is 5.92 Å². The molecule has 3 aromatic rings. The summed E-state index contributed by atoms with van der Waals surface area (Å²) in [4.78, 5) is 6.73. The second-order valence-corrected chi connectivity index (χ2v) is 10.5. The zero-order valence-corrected chi connectivity index (χ0v) is 22.6. The SMILES string of the molecule is CCN(CC)CC1C(c2ccccc2)C2Oc3c(-c4ccc(Br)cc4)c(C#N)nc(OC)c3C2(O)C1O. The van der Waals surface area contributed by atoms with Crippen molar-refractivity contribution in [3.05, 3.63) is 75.9 Å². The lowest BCUT2D eigenvalue weighted by Crippen LogP contribution is -2.44. The van der Waals surface area contributed by atoms with Crippen LogP contribution in [0.25, 0.3) is 11.1 Å². The average molecular weight is 564 g/mol. The van der Waals surface area contributed by atoms with E-state index in [1.807, 2.05) is 54.6 Å². The van der Waals surface area contributed by atoms with Crippen molar-refractivity contribution >= 4 is 15.9 Å². The fourth-order valence-electron chi connectivity index (χ4n) is 5.99. The quantitative estimate of drug-likeness (QED) is 0.438. The van der Waals surface area contributed by atoms with Crippen LogP contribution in [-0.2, 0) is 5.60 Å². The Labute approximate surface area is 225 Å². The maximum Gasteiger partial charge on any atom is 0.224 e. The first-order valence-corrected chi connectivity index (χ1v) is 13.3. The topological polar surface area (TPSA) is 98.8 Å². The van der Waals surface area contributed by atoms with E-state index in [0.29, 0.717) is 23.4 Å². The average Bonchev–Trinajstić information content (AvgIpc) is 3.34. The summed E-state index contributed by atoms with van der Waals surface area (Å²) in [6, 6.07) is 19.5. The number of methoxy groups -OCH3 is 1. The van der Waals surface area contributed by atoms with Gasteiger partial charge in [0, 0.05) is 22.9 Å². The van der Waals surface area contributed by atoms with Crippen molar-refractivity contribution in [2.75, 3.05) is 26.7 Å². The van der Waals surface area contributed by atoms with Crippen LogP contribution in [0.3, 0.4) is 0 Å². The maximum atomic E-state index is 12.4. The number of aliphatic hydroxyl groups is 2. The van der Waals surface area contributed by atoms with E-state index in [-0.39, 0.29) is 23.4 Å². The minimum absolute atomic E-state index is 0.0896. The van der Waals surface area contributed by atoms with Gasteiger partial charge in [0.1, 0.15) is 17.9 Å². The summed E-state index contributed by atoms with van der Waals surface area (Å²) in [5.41, 5.74) is 0.835. The van der Waals surface area contributed by atoms with Crippen LogP contribution in [0.2, 0.25) is 0 Å². The van der Waals surface area contributed by atoms with E-state index in [9.17, 15) is 15.5 Å². The molecule has 2 N–H and O–H groups in total. The van der Waals surface area contributed by atoms with Gasteiger partial charge in [-0.25, -0.2) is 4.98 Å². The molecule has 192 valence electrons. The number of halogens is 1. The van der Waals surface area contributed by atoms with Gasteiger partial charge in [-0.15, -0.1) is 0 Å². The molecule has 5 unspecified atom stereocenters. The third-order valence-electron chi connectivity index (χ3n) is 7.82. The number of pyridine rings is 1. The number of aromatic nitrogens is 1. The molecule has 0 saturated heterocycles. The molecule has 1 aliphatic carbocycles. The molecule has 2 aromatic carbocycles. The number of benzene rings is 2. The van der Waals surface area contributed by atoms with E-state index in [1.165, 1.54) is 7.11 Å². The first kappa shape index (κ1) is 25.7.